The number of nitrogens with one attached hydrogen (secondary N) is 1. The zero-order chi connectivity index (χ0) is 27.7. The Labute approximate surface area is 226 Å². The molecule has 3 aromatic carbocycles. The molecule has 206 valence electrons. The highest BCUT2D eigenvalue weighted by atomic mass is 32.2. The molecule has 0 aromatic heterocycles. The van der Waals surface area contributed by atoms with Crippen LogP contribution in [0, 0.1) is 13.8 Å². The summed E-state index contributed by atoms with van der Waals surface area (Å²) in [5.41, 5.74) is 1.99. The predicted octanol–water partition coefficient (Wildman–Crippen LogP) is 3.35. The van der Waals surface area contributed by atoms with Gasteiger partial charge in [-0.3, -0.25) is 10.7 Å². The van der Waals surface area contributed by atoms with E-state index in [1.54, 1.807) is 54.4 Å². The number of fused-ring (bicyclic) bond motifs is 1. The molecule has 0 saturated carbocycles. The molecule has 9 nitrogen and oxygen atoms in total. The molecule has 1 aliphatic rings. The molecule has 11 heteroatoms. The van der Waals surface area contributed by atoms with E-state index in [0.29, 0.717) is 24.9 Å². The number of sulfonamides is 2. The highest BCUT2D eigenvalue weighted by Crippen LogP contribution is 2.28. The topological polar surface area (TPSA) is 116 Å². The zero-order valence-electron chi connectivity index (χ0n) is 22.3. The van der Waals surface area contributed by atoms with Gasteiger partial charge in [-0.2, -0.15) is 0 Å². The molecule has 2 atom stereocenters. The molecule has 38 heavy (non-hydrogen) atoms. The highest BCUT2D eigenvalue weighted by molar-refractivity contribution is 7.89. The van der Waals surface area contributed by atoms with Crippen LogP contribution < -0.4 is 10.7 Å². The summed E-state index contributed by atoms with van der Waals surface area (Å²) in [6, 6.07) is 17.1. The fourth-order valence-electron chi connectivity index (χ4n) is 4.85. The fourth-order valence-corrected chi connectivity index (χ4v) is 7.52. The van der Waals surface area contributed by atoms with Gasteiger partial charge in [0.25, 0.3) is 20.0 Å². The molecule has 1 aliphatic heterocycles. The van der Waals surface area contributed by atoms with Crippen LogP contribution in [0.15, 0.2) is 70.5 Å². The number of hydrogen-bond acceptors (Lipinski definition) is 7. The van der Waals surface area contributed by atoms with Gasteiger partial charge in [-0.15, -0.1) is 9.25 Å². The summed E-state index contributed by atoms with van der Waals surface area (Å²) < 4.78 is 53.8. The lowest BCUT2D eigenvalue weighted by Gasteiger charge is -2.42. The summed E-state index contributed by atoms with van der Waals surface area (Å²) in [7, 11) is -7.63. The molecule has 4 rings (SSSR count). The van der Waals surface area contributed by atoms with Crippen LogP contribution in [0.3, 0.4) is 0 Å². The van der Waals surface area contributed by atoms with Crippen molar-refractivity contribution in [2.24, 2.45) is 5.84 Å². The van der Waals surface area contributed by atoms with Gasteiger partial charge in [-0.05, 0) is 69.7 Å². The van der Waals surface area contributed by atoms with E-state index in [4.69, 9.17) is 5.84 Å². The lowest BCUT2D eigenvalue weighted by atomic mass is 10.1. The van der Waals surface area contributed by atoms with Crippen LogP contribution in [-0.4, -0.2) is 63.0 Å². The van der Waals surface area contributed by atoms with E-state index < -0.39 is 26.1 Å². The monoisotopic (exact) mass is 559 g/mol. The van der Waals surface area contributed by atoms with Crippen molar-refractivity contribution in [1.82, 2.24) is 19.2 Å². The van der Waals surface area contributed by atoms with Crippen molar-refractivity contribution < 1.29 is 16.8 Å². The molecule has 0 spiro atoms. The van der Waals surface area contributed by atoms with Crippen molar-refractivity contribution in [3.63, 3.8) is 0 Å². The molecule has 0 amide bonds. The first-order valence-electron chi connectivity index (χ1n) is 12.8. The molecule has 3 N–H and O–H groups in total. The second-order valence-electron chi connectivity index (χ2n) is 10.0. The van der Waals surface area contributed by atoms with Crippen LogP contribution in [0.4, 0.5) is 0 Å². The molecule has 0 bridgehead atoms. The molecule has 1 heterocycles. The fraction of sp³-hybridized carbons (Fsp3) is 0.407. The smallest absolute Gasteiger partial charge is 0.256 e. The standard InChI is InChI=1S/C27H37N5O4S2/c1-20-12-14-24(15-13-20)37(33,34)29-31-18-7-17-30(23(31)4)19-16-22(3)32(28)38(35,36)27-11-6-9-25-21(2)8-5-10-26(25)27/h5-6,8-15,22-23,29H,7,16-19,28H2,1-4H3. The minimum absolute atomic E-state index is 0.191. The van der Waals surface area contributed by atoms with Gasteiger partial charge in [0.05, 0.1) is 16.0 Å². The molecule has 1 fully saturated rings. The van der Waals surface area contributed by atoms with Crippen molar-refractivity contribution in [2.75, 3.05) is 19.6 Å². The maximum absolute atomic E-state index is 13.5. The molecular weight excluding hydrogens is 522 g/mol. The van der Waals surface area contributed by atoms with Gasteiger partial charge < -0.3 is 0 Å². The van der Waals surface area contributed by atoms with E-state index >= 15 is 0 Å². The van der Waals surface area contributed by atoms with Gasteiger partial charge in [0.2, 0.25) is 0 Å². The van der Waals surface area contributed by atoms with Crippen molar-refractivity contribution in [3.05, 3.63) is 71.8 Å². The van der Waals surface area contributed by atoms with Crippen molar-refractivity contribution in [1.29, 1.82) is 0 Å². The first kappa shape index (κ1) is 28.6. The quantitative estimate of drug-likeness (QED) is 0.305. The van der Waals surface area contributed by atoms with Gasteiger partial charge in [0, 0.05) is 31.1 Å². The Hall–Kier alpha value is -2.38. The zero-order valence-corrected chi connectivity index (χ0v) is 24.0. The van der Waals surface area contributed by atoms with Crippen molar-refractivity contribution in [2.45, 2.75) is 62.5 Å². The summed E-state index contributed by atoms with van der Waals surface area (Å²) in [6.07, 6.45) is 1.05. The Bertz CT molecular complexity index is 1490. The Balaban J connectivity index is 1.42. The second-order valence-corrected chi connectivity index (χ2v) is 13.5. The van der Waals surface area contributed by atoms with E-state index in [2.05, 4.69) is 9.73 Å². The minimum Gasteiger partial charge on any atom is -0.287 e. The van der Waals surface area contributed by atoms with E-state index in [-0.39, 0.29) is 16.0 Å². The third-order valence-corrected chi connectivity index (χ3v) is 10.5. The number of rotatable bonds is 9. The van der Waals surface area contributed by atoms with Crippen LogP contribution in [0.2, 0.25) is 0 Å². The van der Waals surface area contributed by atoms with Gasteiger partial charge in [0.1, 0.15) is 0 Å². The van der Waals surface area contributed by atoms with Crippen LogP contribution in [0.25, 0.3) is 10.8 Å². The summed E-state index contributed by atoms with van der Waals surface area (Å²) in [5.74, 6) is 6.22. The lowest BCUT2D eigenvalue weighted by Crippen LogP contribution is -2.59. The minimum atomic E-state index is -3.93. The van der Waals surface area contributed by atoms with E-state index in [1.165, 1.54) is 0 Å². The third-order valence-electron chi connectivity index (χ3n) is 7.32. The first-order chi connectivity index (χ1) is 17.9. The van der Waals surface area contributed by atoms with Gasteiger partial charge in [-0.25, -0.2) is 21.8 Å². The van der Waals surface area contributed by atoms with Crippen molar-refractivity contribution >= 4 is 30.8 Å². The third kappa shape index (κ3) is 5.94. The second kappa shape index (κ2) is 11.4. The van der Waals surface area contributed by atoms with E-state index in [9.17, 15) is 16.8 Å². The summed E-state index contributed by atoms with van der Waals surface area (Å²) in [4.78, 5) is 5.27. The van der Waals surface area contributed by atoms with E-state index in [1.807, 2.05) is 39.0 Å². The van der Waals surface area contributed by atoms with Crippen LogP contribution >= 0.6 is 0 Å². The number of nitrogens with two attached hydrogens (primary N) is 1. The largest absolute Gasteiger partial charge is 0.287 e. The molecule has 0 radical (unpaired) electrons. The Morgan fingerprint density at radius 3 is 2.34 bits per heavy atom. The Kier molecular flexibility index (Phi) is 8.58. The molecule has 3 aromatic rings. The van der Waals surface area contributed by atoms with E-state index in [0.717, 1.165) is 33.9 Å². The number of hydrazine groups is 2. The average Bonchev–Trinajstić information content (AvgIpc) is 2.88. The Morgan fingerprint density at radius 2 is 1.63 bits per heavy atom. The molecule has 2 unspecified atom stereocenters. The maximum Gasteiger partial charge on any atom is 0.256 e. The van der Waals surface area contributed by atoms with Gasteiger partial charge in [0.15, 0.2) is 0 Å². The summed E-state index contributed by atoms with van der Waals surface area (Å²) in [5, 5.41) is 3.25. The molecule has 1 saturated heterocycles. The lowest BCUT2D eigenvalue weighted by molar-refractivity contribution is -0.00263. The van der Waals surface area contributed by atoms with Gasteiger partial charge in [-0.1, -0.05) is 48.0 Å². The normalized spacial score (nSPS) is 18.7. The molecular formula is C27H37N5O4S2. The number of aryl methyl sites for hydroxylation is 2. The predicted molar refractivity (Wildman–Crippen MR) is 150 cm³/mol. The highest BCUT2D eigenvalue weighted by Gasteiger charge is 2.32. The number of nitrogens with zero attached hydrogens (tertiary/aromatic N) is 3. The maximum atomic E-state index is 13.5. The summed E-state index contributed by atoms with van der Waals surface area (Å²) in [6.45, 7) is 9.50. The number of hydrogen-bond donors (Lipinski definition) is 2. The van der Waals surface area contributed by atoms with Crippen molar-refractivity contribution in [3.8, 4) is 0 Å². The number of benzene rings is 3. The van der Waals surface area contributed by atoms with Crippen LogP contribution in [-0.2, 0) is 20.0 Å². The first-order valence-corrected chi connectivity index (χ1v) is 15.7. The average molecular weight is 560 g/mol. The van der Waals surface area contributed by atoms with Crippen LogP contribution in [0.5, 0.6) is 0 Å². The summed E-state index contributed by atoms with van der Waals surface area (Å²) >= 11 is 0. The van der Waals surface area contributed by atoms with Gasteiger partial charge >= 0.3 is 0 Å². The SMILES string of the molecule is Cc1ccc(S(=O)(=O)NN2CCCN(CCC(C)N(N)S(=O)(=O)c3cccc4c(C)cccc34)C2C)cc1. The molecule has 0 aliphatic carbocycles. The van der Waals surface area contributed by atoms with Crippen LogP contribution in [0.1, 0.15) is 37.8 Å². The Morgan fingerprint density at radius 1 is 0.974 bits per heavy atom.